The van der Waals surface area contributed by atoms with Crippen molar-refractivity contribution in [3.63, 3.8) is 0 Å². The summed E-state index contributed by atoms with van der Waals surface area (Å²) in [6.07, 6.45) is -1.70. The number of aliphatic hydroxyl groups is 2. The fraction of sp³-hybridized carbons (Fsp3) is 0.556. The van der Waals surface area contributed by atoms with E-state index in [0.29, 0.717) is 0 Å². The number of halogens is 1. The molecule has 1 aromatic rings. The normalized spacial score (nSPS) is 32.9. The number of aliphatic hydroxyl groups excluding tert-OH is 2. The van der Waals surface area contributed by atoms with E-state index in [-0.39, 0.29) is 6.61 Å². The Labute approximate surface area is 100 Å². The molecule has 0 aliphatic carbocycles. The molecular weight excluding hydrogens is 252 g/mol. The van der Waals surface area contributed by atoms with Crippen molar-refractivity contribution in [2.75, 3.05) is 6.61 Å². The molecule has 2 unspecified atom stereocenters. The summed E-state index contributed by atoms with van der Waals surface area (Å²) < 4.78 is 6.28. The van der Waals surface area contributed by atoms with Crippen molar-refractivity contribution >= 4 is 11.6 Å². The first-order chi connectivity index (χ1) is 8.04. The van der Waals surface area contributed by atoms with Crippen molar-refractivity contribution in [1.82, 2.24) is 9.55 Å². The highest BCUT2D eigenvalue weighted by molar-refractivity contribution is 6.21. The van der Waals surface area contributed by atoms with Gasteiger partial charge in [0.05, 0.1) is 12.0 Å². The van der Waals surface area contributed by atoms with Gasteiger partial charge in [0.25, 0.3) is 5.56 Å². The van der Waals surface area contributed by atoms with Crippen LogP contribution in [0.4, 0.5) is 0 Å². The summed E-state index contributed by atoms with van der Waals surface area (Å²) in [6.45, 7) is -0.361. The molecule has 94 valence electrons. The van der Waals surface area contributed by atoms with Gasteiger partial charge in [0.15, 0.2) is 6.23 Å². The molecule has 0 bridgehead atoms. The van der Waals surface area contributed by atoms with Gasteiger partial charge in [-0.15, -0.1) is 11.6 Å². The summed E-state index contributed by atoms with van der Waals surface area (Å²) >= 11 is 5.83. The predicted molar refractivity (Wildman–Crippen MR) is 58.0 cm³/mol. The third-order valence-electron chi connectivity index (χ3n) is 2.59. The van der Waals surface area contributed by atoms with Crippen molar-refractivity contribution in [2.24, 2.45) is 0 Å². The van der Waals surface area contributed by atoms with Crippen molar-refractivity contribution in [1.29, 1.82) is 0 Å². The van der Waals surface area contributed by atoms with Crippen LogP contribution in [0.5, 0.6) is 0 Å². The number of aromatic nitrogens is 2. The number of nitrogens with zero attached hydrogens (tertiary/aromatic N) is 1. The maximum absolute atomic E-state index is 11.5. The molecule has 0 aromatic carbocycles. The minimum atomic E-state index is -1.14. The molecule has 0 radical (unpaired) electrons. The summed E-state index contributed by atoms with van der Waals surface area (Å²) in [5.74, 6) is 0. The smallest absolute Gasteiger partial charge is 0.330 e. The number of rotatable bonds is 2. The molecule has 1 aliphatic rings. The zero-order valence-corrected chi connectivity index (χ0v) is 9.37. The molecule has 2 heterocycles. The van der Waals surface area contributed by atoms with Crippen molar-refractivity contribution in [3.8, 4) is 0 Å². The van der Waals surface area contributed by atoms with E-state index in [2.05, 4.69) is 0 Å². The van der Waals surface area contributed by atoms with Crippen molar-refractivity contribution in [3.05, 3.63) is 33.1 Å². The number of H-pyrrole nitrogens is 1. The Balaban J connectivity index is 2.35. The van der Waals surface area contributed by atoms with Gasteiger partial charge in [-0.1, -0.05) is 0 Å². The Morgan fingerprint density at radius 3 is 2.76 bits per heavy atom. The highest BCUT2D eigenvalue weighted by atomic mass is 35.5. The average molecular weight is 263 g/mol. The minimum absolute atomic E-state index is 0.361. The molecule has 3 N–H and O–H groups in total. The molecule has 8 heteroatoms. The van der Waals surface area contributed by atoms with Gasteiger partial charge in [0, 0.05) is 12.3 Å². The molecule has 17 heavy (non-hydrogen) atoms. The summed E-state index contributed by atoms with van der Waals surface area (Å²) in [4.78, 5) is 24.4. The maximum Gasteiger partial charge on any atom is 0.330 e. The Kier molecular flexibility index (Phi) is 3.34. The summed E-state index contributed by atoms with van der Waals surface area (Å²) in [5.41, 5.74) is -1.25. The third-order valence-corrected chi connectivity index (χ3v) is 3.13. The zero-order chi connectivity index (χ0) is 12.6. The minimum Gasteiger partial charge on any atom is -0.394 e. The predicted octanol–water partition coefficient (Wildman–Crippen LogP) is -1.61. The number of hydrogen-bond acceptors (Lipinski definition) is 5. The molecule has 0 spiro atoms. The average Bonchev–Trinajstić information content (AvgIpc) is 2.57. The lowest BCUT2D eigenvalue weighted by molar-refractivity contribution is -0.0530. The number of nitrogens with one attached hydrogen (secondary N) is 1. The molecule has 7 nitrogen and oxygen atoms in total. The van der Waals surface area contributed by atoms with E-state index in [1.54, 1.807) is 0 Å². The van der Waals surface area contributed by atoms with Gasteiger partial charge < -0.3 is 14.9 Å². The van der Waals surface area contributed by atoms with Gasteiger partial charge >= 0.3 is 5.69 Å². The molecular formula is C9H11ClN2O5. The molecule has 2 rings (SSSR count). The van der Waals surface area contributed by atoms with Crippen molar-refractivity contribution < 1.29 is 14.9 Å². The van der Waals surface area contributed by atoms with E-state index < -0.39 is 35.1 Å². The third kappa shape index (κ3) is 2.14. The molecule has 0 amide bonds. The topological polar surface area (TPSA) is 105 Å². The van der Waals surface area contributed by atoms with E-state index in [9.17, 15) is 14.7 Å². The number of aromatic amines is 1. The van der Waals surface area contributed by atoms with E-state index in [1.807, 2.05) is 4.98 Å². The van der Waals surface area contributed by atoms with Gasteiger partial charge in [-0.05, 0) is 0 Å². The first-order valence-electron chi connectivity index (χ1n) is 4.94. The lowest BCUT2D eigenvalue weighted by Crippen LogP contribution is -2.36. The molecule has 1 aromatic heterocycles. The van der Waals surface area contributed by atoms with Gasteiger partial charge in [-0.25, -0.2) is 4.79 Å². The molecule has 1 fully saturated rings. The lowest BCUT2D eigenvalue weighted by atomic mass is 10.2. The van der Waals surface area contributed by atoms with Crippen LogP contribution >= 0.6 is 11.6 Å². The van der Waals surface area contributed by atoms with E-state index >= 15 is 0 Å². The van der Waals surface area contributed by atoms with Crippen LogP contribution in [0.25, 0.3) is 0 Å². The van der Waals surface area contributed by atoms with E-state index in [4.69, 9.17) is 21.4 Å². The van der Waals surface area contributed by atoms with Crippen molar-refractivity contribution in [2.45, 2.75) is 23.8 Å². The Hall–Kier alpha value is -1.15. The zero-order valence-electron chi connectivity index (χ0n) is 8.62. The standard InChI is InChI=1S/C9H11ClN2O5/c10-6-4(3-13)17-8(7(6)15)12-2-1-5(14)11-9(12)16/h1-2,4,6-8,13,15H,3H2,(H,11,14,16)/t4-,6?,7?,8-/m0/s1. The molecule has 1 saturated heterocycles. The fourth-order valence-corrected chi connectivity index (χ4v) is 1.98. The van der Waals surface area contributed by atoms with Gasteiger partial charge in [0.1, 0.15) is 12.2 Å². The Morgan fingerprint density at radius 1 is 1.53 bits per heavy atom. The fourth-order valence-electron chi connectivity index (χ4n) is 1.71. The van der Waals surface area contributed by atoms with E-state index in [1.165, 1.54) is 6.20 Å². The first-order valence-corrected chi connectivity index (χ1v) is 5.38. The van der Waals surface area contributed by atoms with Crippen LogP contribution < -0.4 is 11.2 Å². The second kappa shape index (κ2) is 4.61. The van der Waals surface area contributed by atoms with Crippen LogP contribution in [0.3, 0.4) is 0 Å². The van der Waals surface area contributed by atoms with Gasteiger partial charge in [-0.3, -0.25) is 14.3 Å². The van der Waals surface area contributed by atoms with E-state index in [0.717, 1.165) is 10.6 Å². The highest BCUT2D eigenvalue weighted by Crippen LogP contribution is 2.31. The summed E-state index contributed by atoms with van der Waals surface area (Å²) in [7, 11) is 0. The lowest BCUT2D eigenvalue weighted by Gasteiger charge is -2.16. The Bertz CT molecular complexity index is 513. The number of ether oxygens (including phenoxy) is 1. The molecule has 0 saturated carbocycles. The van der Waals surface area contributed by atoms with Crippen LogP contribution in [-0.4, -0.2) is 44.0 Å². The molecule has 4 atom stereocenters. The molecule has 1 aliphatic heterocycles. The maximum atomic E-state index is 11.5. The highest BCUT2D eigenvalue weighted by Gasteiger charge is 2.43. The second-order valence-corrected chi connectivity index (χ2v) is 4.20. The van der Waals surface area contributed by atoms with Crippen LogP contribution in [0.1, 0.15) is 6.23 Å². The number of hydrogen-bond donors (Lipinski definition) is 3. The summed E-state index contributed by atoms with van der Waals surface area (Å²) in [6, 6.07) is 1.13. The van der Waals surface area contributed by atoms with Crippen LogP contribution in [0, 0.1) is 0 Å². The Morgan fingerprint density at radius 2 is 2.24 bits per heavy atom. The van der Waals surface area contributed by atoms with Gasteiger partial charge in [0.2, 0.25) is 0 Å². The monoisotopic (exact) mass is 262 g/mol. The quantitative estimate of drug-likeness (QED) is 0.557. The van der Waals surface area contributed by atoms with Gasteiger partial charge in [-0.2, -0.15) is 0 Å². The second-order valence-electron chi connectivity index (χ2n) is 3.70. The van der Waals surface area contributed by atoms with Crippen LogP contribution in [0.15, 0.2) is 21.9 Å². The SMILES string of the molecule is O=c1ccn([C@H]2O[C@@H](CO)C(Cl)C2O)c(=O)[nH]1. The van der Waals surface area contributed by atoms with Crippen LogP contribution in [0.2, 0.25) is 0 Å². The first kappa shape index (κ1) is 12.3. The largest absolute Gasteiger partial charge is 0.394 e. The van der Waals surface area contributed by atoms with Crippen LogP contribution in [-0.2, 0) is 4.74 Å². The number of alkyl halides is 1. The summed E-state index contributed by atoms with van der Waals surface area (Å²) in [5, 5.41) is 17.9.